The molecule has 2 aromatic rings. The van der Waals surface area contributed by atoms with E-state index in [-0.39, 0.29) is 6.42 Å². The van der Waals surface area contributed by atoms with Crippen molar-refractivity contribution in [3.05, 3.63) is 35.5 Å². The number of nitrogens with one attached hydrogen (secondary N) is 1. The summed E-state index contributed by atoms with van der Waals surface area (Å²) in [5, 5.41) is 0.913. The van der Waals surface area contributed by atoms with E-state index in [4.69, 9.17) is 0 Å². The molecule has 18 heavy (non-hydrogen) atoms. The zero-order valence-electron chi connectivity index (χ0n) is 9.82. The second-order valence-electron chi connectivity index (χ2n) is 3.65. The van der Waals surface area contributed by atoms with Gasteiger partial charge in [0.05, 0.1) is 13.5 Å². The van der Waals surface area contributed by atoms with Crippen molar-refractivity contribution in [1.82, 2.24) is 4.98 Å². The second kappa shape index (κ2) is 5.19. The molecule has 0 spiro atoms. The molecule has 0 saturated carbocycles. The summed E-state index contributed by atoms with van der Waals surface area (Å²) < 4.78 is 4.64. The van der Waals surface area contributed by atoms with Gasteiger partial charge in [0.15, 0.2) is 0 Å². The molecule has 0 fully saturated rings. The summed E-state index contributed by atoms with van der Waals surface area (Å²) in [5.41, 5.74) is 2.02. The Balaban J connectivity index is 2.37. The Bertz CT molecular complexity index is 658. The number of aldehydes is 1. The molecule has 0 bridgehead atoms. The van der Waals surface area contributed by atoms with Gasteiger partial charge in [-0.15, -0.1) is 0 Å². The first-order valence-corrected chi connectivity index (χ1v) is 5.38. The van der Waals surface area contributed by atoms with Gasteiger partial charge in [-0.1, -0.05) is 17.9 Å². The van der Waals surface area contributed by atoms with Crippen LogP contribution in [0.1, 0.15) is 22.5 Å². The molecule has 0 aliphatic heterocycles. The number of benzene rings is 1. The Hall–Kier alpha value is -2.54. The number of esters is 1. The minimum Gasteiger partial charge on any atom is -0.464 e. The number of hydrogen-bond donors (Lipinski definition) is 1. The predicted octanol–water partition coefficient (Wildman–Crippen LogP) is 1.89. The van der Waals surface area contributed by atoms with E-state index in [9.17, 15) is 9.59 Å². The largest absolute Gasteiger partial charge is 0.464 e. The van der Waals surface area contributed by atoms with Gasteiger partial charge in [0.25, 0.3) is 0 Å². The lowest BCUT2D eigenvalue weighted by molar-refractivity contribution is -0.107. The number of hydrogen-bond acceptors (Lipinski definition) is 3. The summed E-state index contributed by atoms with van der Waals surface area (Å²) in [4.78, 5) is 24.5. The summed E-state index contributed by atoms with van der Waals surface area (Å²) in [5.74, 6) is 5.20. The van der Waals surface area contributed by atoms with E-state index >= 15 is 0 Å². The lowest BCUT2D eigenvalue weighted by Gasteiger charge is -1.92. The fraction of sp³-hybridized carbons (Fsp3) is 0.143. The molecule has 4 heteroatoms. The van der Waals surface area contributed by atoms with E-state index in [1.54, 1.807) is 6.07 Å². The van der Waals surface area contributed by atoms with Crippen molar-refractivity contribution in [1.29, 1.82) is 0 Å². The van der Waals surface area contributed by atoms with Gasteiger partial charge in [-0.2, -0.15) is 0 Å². The topological polar surface area (TPSA) is 59.2 Å². The average molecular weight is 241 g/mol. The summed E-state index contributed by atoms with van der Waals surface area (Å²) >= 11 is 0. The van der Waals surface area contributed by atoms with Crippen molar-refractivity contribution in [3.8, 4) is 11.8 Å². The molecule has 90 valence electrons. The Kier molecular flexibility index (Phi) is 3.44. The monoisotopic (exact) mass is 241 g/mol. The van der Waals surface area contributed by atoms with E-state index < -0.39 is 5.97 Å². The quantitative estimate of drug-likeness (QED) is 0.496. The Morgan fingerprint density at radius 3 is 3.00 bits per heavy atom. The van der Waals surface area contributed by atoms with Crippen molar-refractivity contribution >= 4 is 23.2 Å². The van der Waals surface area contributed by atoms with Gasteiger partial charge in [0.1, 0.15) is 12.0 Å². The van der Waals surface area contributed by atoms with Crippen molar-refractivity contribution in [2.75, 3.05) is 7.11 Å². The molecular weight excluding hydrogens is 230 g/mol. The van der Waals surface area contributed by atoms with Crippen LogP contribution in [-0.2, 0) is 9.53 Å². The molecule has 4 nitrogen and oxygen atoms in total. The van der Waals surface area contributed by atoms with Gasteiger partial charge >= 0.3 is 5.97 Å². The normalized spacial score (nSPS) is 9.61. The van der Waals surface area contributed by atoms with Crippen LogP contribution in [-0.4, -0.2) is 24.3 Å². The molecule has 0 unspecified atom stereocenters. The fourth-order valence-electron chi connectivity index (χ4n) is 1.62. The highest BCUT2D eigenvalue weighted by atomic mass is 16.5. The van der Waals surface area contributed by atoms with Gasteiger partial charge in [-0.25, -0.2) is 4.79 Å². The van der Waals surface area contributed by atoms with Crippen molar-refractivity contribution < 1.29 is 14.3 Å². The molecular formula is C14H11NO3. The maximum absolute atomic E-state index is 11.4. The first-order valence-electron chi connectivity index (χ1n) is 5.38. The van der Waals surface area contributed by atoms with Crippen LogP contribution in [0.5, 0.6) is 0 Å². The van der Waals surface area contributed by atoms with Crippen LogP contribution < -0.4 is 0 Å². The summed E-state index contributed by atoms with van der Waals surface area (Å²) in [6.45, 7) is 0. The summed E-state index contributed by atoms with van der Waals surface area (Å²) in [6, 6.07) is 7.27. The number of rotatable bonds is 2. The standard InChI is InChI=1S/C14H11NO3/c1-18-14(17)13-9-11-6-5-10(4-2-3-7-16)8-12(11)15-13/h5-9,15H,3H2,1H3. The first-order chi connectivity index (χ1) is 8.74. The molecule has 1 aromatic carbocycles. The van der Waals surface area contributed by atoms with Crippen molar-refractivity contribution in [3.63, 3.8) is 0 Å². The van der Waals surface area contributed by atoms with E-state index in [1.807, 2.05) is 18.2 Å². The summed E-state index contributed by atoms with van der Waals surface area (Å²) in [7, 11) is 1.34. The lowest BCUT2D eigenvalue weighted by atomic mass is 10.1. The third kappa shape index (κ3) is 2.41. The molecule has 0 aliphatic rings. The highest BCUT2D eigenvalue weighted by Crippen LogP contribution is 2.17. The van der Waals surface area contributed by atoms with Gasteiger partial charge in [-0.3, -0.25) is 0 Å². The van der Waals surface area contributed by atoms with Crippen LogP contribution >= 0.6 is 0 Å². The molecule has 2 rings (SSSR count). The van der Waals surface area contributed by atoms with E-state index in [2.05, 4.69) is 21.6 Å². The number of aromatic amines is 1. The highest BCUT2D eigenvalue weighted by Gasteiger charge is 2.08. The van der Waals surface area contributed by atoms with Crippen LogP contribution in [0.15, 0.2) is 24.3 Å². The molecule has 0 saturated heterocycles. The van der Waals surface area contributed by atoms with Gasteiger partial charge in [0, 0.05) is 16.5 Å². The van der Waals surface area contributed by atoms with E-state index in [0.29, 0.717) is 5.69 Å². The number of H-pyrrole nitrogens is 1. The Labute approximate surface area is 104 Å². The number of methoxy groups -OCH3 is 1. The second-order valence-corrected chi connectivity index (χ2v) is 3.65. The number of aromatic nitrogens is 1. The van der Waals surface area contributed by atoms with Crippen LogP contribution in [0.25, 0.3) is 10.9 Å². The van der Waals surface area contributed by atoms with Crippen LogP contribution in [0.4, 0.5) is 0 Å². The smallest absolute Gasteiger partial charge is 0.354 e. The van der Waals surface area contributed by atoms with Crippen molar-refractivity contribution in [2.24, 2.45) is 0 Å². The van der Waals surface area contributed by atoms with Gasteiger partial charge in [-0.05, 0) is 18.2 Å². The third-order valence-corrected chi connectivity index (χ3v) is 2.45. The molecule has 0 radical (unpaired) electrons. The maximum atomic E-state index is 11.4. The highest BCUT2D eigenvalue weighted by molar-refractivity contribution is 5.95. The fourth-order valence-corrected chi connectivity index (χ4v) is 1.62. The number of carbonyl (C=O) groups is 2. The lowest BCUT2D eigenvalue weighted by Crippen LogP contribution is -2.00. The predicted molar refractivity (Wildman–Crippen MR) is 67.2 cm³/mol. The van der Waals surface area contributed by atoms with Gasteiger partial charge < -0.3 is 14.5 Å². The van der Waals surface area contributed by atoms with Gasteiger partial charge in [0.2, 0.25) is 0 Å². The number of carbonyl (C=O) groups excluding carboxylic acids is 2. The minimum absolute atomic E-state index is 0.218. The van der Waals surface area contributed by atoms with Crippen molar-refractivity contribution in [2.45, 2.75) is 6.42 Å². The first kappa shape index (κ1) is 11.9. The number of ether oxygens (including phenoxy) is 1. The van der Waals surface area contributed by atoms with Crippen LogP contribution in [0.3, 0.4) is 0 Å². The molecule has 0 atom stereocenters. The molecule has 1 aromatic heterocycles. The van der Waals surface area contributed by atoms with Crippen LogP contribution in [0.2, 0.25) is 0 Å². The molecule has 1 N–H and O–H groups in total. The zero-order chi connectivity index (χ0) is 13.0. The maximum Gasteiger partial charge on any atom is 0.354 e. The summed E-state index contributed by atoms with van der Waals surface area (Å²) in [6.07, 6.45) is 0.978. The van der Waals surface area contributed by atoms with E-state index in [1.165, 1.54) is 7.11 Å². The minimum atomic E-state index is -0.403. The average Bonchev–Trinajstić information content (AvgIpc) is 2.81. The third-order valence-electron chi connectivity index (χ3n) is 2.45. The Morgan fingerprint density at radius 1 is 1.44 bits per heavy atom. The molecule has 0 amide bonds. The van der Waals surface area contributed by atoms with Crippen LogP contribution in [0, 0.1) is 11.8 Å². The Morgan fingerprint density at radius 2 is 2.28 bits per heavy atom. The zero-order valence-corrected chi connectivity index (χ0v) is 9.82. The number of fused-ring (bicyclic) bond motifs is 1. The molecule has 1 heterocycles. The SMILES string of the molecule is COC(=O)c1cc2ccc(C#CCC=O)cc2[nH]1. The van der Waals surface area contributed by atoms with E-state index in [0.717, 1.165) is 22.8 Å². The molecule has 0 aliphatic carbocycles.